The summed E-state index contributed by atoms with van der Waals surface area (Å²) < 4.78 is 25.7. The zero-order valence-corrected chi connectivity index (χ0v) is 8.84. The minimum atomic E-state index is -0.743. The summed E-state index contributed by atoms with van der Waals surface area (Å²) in [6.45, 7) is 1.64. The van der Waals surface area contributed by atoms with E-state index < -0.39 is 23.6 Å². The molecule has 2 N–H and O–H groups in total. The molecule has 0 heterocycles. The first-order chi connectivity index (χ1) is 7.49. The molecule has 1 aromatic rings. The number of aliphatic hydroxyl groups excluding tert-OH is 1. The van der Waals surface area contributed by atoms with Gasteiger partial charge in [0, 0.05) is 12.6 Å². The summed E-state index contributed by atoms with van der Waals surface area (Å²) in [5.41, 5.74) is 0.129. The number of hydrogen-bond acceptors (Lipinski definition) is 2. The van der Waals surface area contributed by atoms with E-state index in [2.05, 4.69) is 5.32 Å². The highest BCUT2D eigenvalue weighted by Gasteiger charge is 2.09. The van der Waals surface area contributed by atoms with Crippen molar-refractivity contribution in [2.75, 3.05) is 6.54 Å². The number of rotatable bonds is 4. The lowest BCUT2D eigenvalue weighted by molar-refractivity contribution is -0.120. The van der Waals surface area contributed by atoms with E-state index in [0.717, 1.165) is 12.1 Å². The molecule has 0 aliphatic carbocycles. The standard InChI is InChI=1S/C11H13F2NO2/c1-7(15)6-14-11(16)4-8-2-3-9(12)5-10(8)13/h2-3,5,7,15H,4,6H2,1H3,(H,14,16). The highest BCUT2D eigenvalue weighted by atomic mass is 19.1. The average Bonchev–Trinajstić information content (AvgIpc) is 2.19. The molecule has 16 heavy (non-hydrogen) atoms. The zero-order valence-electron chi connectivity index (χ0n) is 8.84. The fraction of sp³-hybridized carbons (Fsp3) is 0.364. The van der Waals surface area contributed by atoms with Crippen LogP contribution in [0.25, 0.3) is 0 Å². The van der Waals surface area contributed by atoms with E-state index in [1.807, 2.05) is 0 Å². The Hall–Kier alpha value is -1.49. The molecule has 5 heteroatoms. The van der Waals surface area contributed by atoms with Crippen molar-refractivity contribution in [1.82, 2.24) is 5.32 Å². The molecule has 0 saturated carbocycles. The smallest absolute Gasteiger partial charge is 0.224 e. The molecule has 1 unspecified atom stereocenters. The summed E-state index contributed by atoms with van der Waals surface area (Å²) in [4.78, 5) is 11.3. The van der Waals surface area contributed by atoms with Gasteiger partial charge in [-0.2, -0.15) is 0 Å². The van der Waals surface area contributed by atoms with Gasteiger partial charge >= 0.3 is 0 Å². The van der Waals surface area contributed by atoms with Crippen molar-refractivity contribution in [1.29, 1.82) is 0 Å². The fourth-order valence-corrected chi connectivity index (χ4v) is 1.16. The number of carbonyl (C=O) groups is 1. The summed E-state index contributed by atoms with van der Waals surface area (Å²) in [5, 5.41) is 11.3. The minimum absolute atomic E-state index is 0.113. The number of amides is 1. The van der Waals surface area contributed by atoms with Crippen LogP contribution in [-0.4, -0.2) is 23.7 Å². The Kier molecular flexibility index (Phi) is 4.37. The van der Waals surface area contributed by atoms with Crippen LogP contribution in [0.3, 0.4) is 0 Å². The Morgan fingerprint density at radius 3 is 2.75 bits per heavy atom. The predicted octanol–water partition coefficient (Wildman–Crippen LogP) is 1.00. The lowest BCUT2D eigenvalue weighted by Crippen LogP contribution is -2.31. The lowest BCUT2D eigenvalue weighted by Gasteiger charge is -2.07. The van der Waals surface area contributed by atoms with E-state index in [0.29, 0.717) is 0 Å². The van der Waals surface area contributed by atoms with Gasteiger partial charge in [0.05, 0.1) is 12.5 Å². The van der Waals surface area contributed by atoms with E-state index in [1.54, 1.807) is 0 Å². The summed E-state index contributed by atoms with van der Waals surface area (Å²) in [6.07, 6.45) is -0.819. The number of hydrogen-bond donors (Lipinski definition) is 2. The quantitative estimate of drug-likeness (QED) is 0.809. The van der Waals surface area contributed by atoms with E-state index in [9.17, 15) is 13.6 Å². The third kappa shape index (κ3) is 3.94. The summed E-state index contributed by atoms with van der Waals surface area (Å²) in [7, 11) is 0. The largest absolute Gasteiger partial charge is 0.392 e. The van der Waals surface area contributed by atoms with Crippen LogP contribution in [0, 0.1) is 11.6 Å². The van der Waals surface area contributed by atoms with Crippen LogP contribution < -0.4 is 5.32 Å². The van der Waals surface area contributed by atoms with E-state index in [1.165, 1.54) is 13.0 Å². The van der Waals surface area contributed by atoms with Crippen LogP contribution in [0.15, 0.2) is 18.2 Å². The molecule has 88 valence electrons. The molecular weight excluding hydrogens is 216 g/mol. The van der Waals surface area contributed by atoms with Crippen molar-refractivity contribution < 1.29 is 18.7 Å². The number of carbonyl (C=O) groups excluding carboxylic acids is 1. The molecular formula is C11H13F2NO2. The molecule has 0 aromatic heterocycles. The lowest BCUT2D eigenvalue weighted by atomic mass is 10.1. The summed E-state index contributed by atoms with van der Waals surface area (Å²) >= 11 is 0. The van der Waals surface area contributed by atoms with Gasteiger partial charge < -0.3 is 10.4 Å². The first kappa shape index (κ1) is 12.6. The summed E-state index contributed by atoms with van der Waals surface area (Å²) in [6, 6.07) is 3.06. The SMILES string of the molecule is CC(O)CNC(=O)Cc1ccc(F)cc1F. The van der Waals surface area contributed by atoms with Crippen molar-refractivity contribution in [2.24, 2.45) is 0 Å². The van der Waals surface area contributed by atoms with Crippen molar-refractivity contribution in [3.63, 3.8) is 0 Å². The second-order valence-electron chi connectivity index (χ2n) is 3.57. The van der Waals surface area contributed by atoms with Gasteiger partial charge in [0.15, 0.2) is 0 Å². The van der Waals surface area contributed by atoms with Crippen molar-refractivity contribution in [3.8, 4) is 0 Å². The Morgan fingerprint density at radius 2 is 2.19 bits per heavy atom. The second kappa shape index (κ2) is 5.55. The van der Waals surface area contributed by atoms with Gasteiger partial charge in [0.25, 0.3) is 0 Å². The van der Waals surface area contributed by atoms with Crippen LogP contribution >= 0.6 is 0 Å². The molecule has 1 aromatic carbocycles. The van der Waals surface area contributed by atoms with Crippen LogP contribution in [0.4, 0.5) is 8.78 Å². The molecule has 1 amide bonds. The molecule has 1 atom stereocenters. The molecule has 0 saturated heterocycles. The first-order valence-corrected chi connectivity index (χ1v) is 4.87. The van der Waals surface area contributed by atoms with Crippen molar-refractivity contribution in [2.45, 2.75) is 19.4 Å². The monoisotopic (exact) mass is 229 g/mol. The third-order valence-corrected chi connectivity index (χ3v) is 1.96. The van der Waals surface area contributed by atoms with Gasteiger partial charge in [-0.15, -0.1) is 0 Å². The van der Waals surface area contributed by atoms with E-state index in [-0.39, 0.29) is 18.5 Å². The van der Waals surface area contributed by atoms with Gasteiger partial charge in [-0.3, -0.25) is 4.79 Å². The molecule has 0 fully saturated rings. The zero-order chi connectivity index (χ0) is 12.1. The van der Waals surface area contributed by atoms with E-state index in [4.69, 9.17) is 5.11 Å². The molecule has 0 aliphatic heterocycles. The Morgan fingerprint density at radius 1 is 1.50 bits per heavy atom. The Balaban J connectivity index is 2.56. The van der Waals surface area contributed by atoms with E-state index >= 15 is 0 Å². The molecule has 1 rings (SSSR count). The van der Waals surface area contributed by atoms with Crippen molar-refractivity contribution in [3.05, 3.63) is 35.4 Å². The number of aliphatic hydroxyl groups is 1. The van der Waals surface area contributed by atoms with Gasteiger partial charge in [-0.1, -0.05) is 6.07 Å². The van der Waals surface area contributed by atoms with Gasteiger partial charge in [-0.25, -0.2) is 8.78 Å². The maximum Gasteiger partial charge on any atom is 0.224 e. The van der Waals surface area contributed by atoms with Crippen LogP contribution in [0.1, 0.15) is 12.5 Å². The van der Waals surface area contributed by atoms with Gasteiger partial charge in [0.1, 0.15) is 11.6 Å². The third-order valence-electron chi connectivity index (χ3n) is 1.96. The first-order valence-electron chi connectivity index (χ1n) is 4.87. The molecule has 0 aliphatic rings. The van der Waals surface area contributed by atoms with Crippen LogP contribution in [0.5, 0.6) is 0 Å². The minimum Gasteiger partial charge on any atom is -0.392 e. The fourth-order valence-electron chi connectivity index (χ4n) is 1.16. The Labute approximate surface area is 92.1 Å². The highest BCUT2D eigenvalue weighted by Crippen LogP contribution is 2.09. The number of nitrogens with one attached hydrogen (secondary N) is 1. The number of benzene rings is 1. The maximum absolute atomic E-state index is 13.1. The molecule has 0 radical (unpaired) electrons. The molecule has 3 nitrogen and oxygen atoms in total. The topological polar surface area (TPSA) is 49.3 Å². The van der Waals surface area contributed by atoms with Crippen molar-refractivity contribution >= 4 is 5.91 Å². The molecule has 0 spiro atoms. The summed E-state index contributed by atoms with van der Waals surface area (Å²) in [5.74, 6) is -1.83. The normalized spacial score (nSPS) is 12.2. The highest BCUT2D eigenvalue weighted by molar-refractivity contribution is 5.78. The maximum atomic E-state index is 13.1. The van der Waals surface area contributed by atoms with Crippen LogP contribution in [-0.2, 0) is 11.2 Å². The second-order valence-corrected chi connectivity index (χ2v) is 3.57. The van der Waals surface area contributed by atoms with Crippen LogP contribution in [0.2, 0.25) is 0 Å². The van der Waals surface area contributed by atoms with Gasteiger partial charge in [-0.05, 0) is 18.6 Å². The van der Waals surface area contributed by atoms with Gasteiger partial charge in [0.2, 0.25) is 5.91 Å². The predicted molar refractivity (Wildman–Crippen MR) is 54.8 cm³/mol. The molecule has 0 bridgehead atoms. The Bertz CT molecular complexity index is 380. The number of halogens is 2. The average molecular weight is 229 g/mol.